The number of aliphatic hydroxyl groups is 1. The zero-order valence-electron chi connectivity index (χ0n) is 14.6. The summed E-state index contributed by atoms with van der Waals surface area (Å²) in [5.41, 5.74) is 0.625. The number of allylic oxidation sites excluding steroid dienone is 1. The molecule has 0 saturated carbocycles. The minimum absolute atomic E-state index is 0.121. The van der Waals surface area contributed by atoms with Crippen LogP contribution in [0.2, 0.25) is 0 Å². The van der Waals surface area contributed by atoms with E-state index in [9.17, 15) is 20.1 Å². The number of aliphatic hydroxyl groups excluding tert-OH is 1. The fourth-order valence-corrected chi connectivity index (χ4v) is 2.57. The van der Waals surface area contributed by atoms with Crippen molar-refractivity contribution in [3.63, 3.8) is 0 Å². The van der Waals surface area contributed by atoms with Crippen LogP contribution in [0.15, 0.2) is 24.3 Å². The molecule has 0 aliphatic rings. The molecule has 0 radical (unpaired) electrons. The first-order valence-corrected chi connectivity index (χ1v) is 8.94. The van der Waals surface area contributed by atoms with Crippen LogP contribution in [0.4, 0.5) is 0 Å². The fraction of sp³-hybridized carbons (Fsp3) is 0.550. The molecule has 24 heavy (non-hydrogen) atoms. The summed E-state index contributed by atoms with van der Waals surface area (Å²) in [5.74, 6) is -0.551. The largest absolute Gasteiger partial charge is 0.504 e. The maximum absolute atomic E-state index is 11.8. The molecule has 134 valence electrons. The van der Waals surface area contributed by atoms with Gasteiger partial charge in [-0.1, -0.05) is 64.0 Å². The lowest BCUT2D eigenvalue weighted by Crippen LogP contribution is -2.11. The number of benzene rings is 1. The van der Waals surface area contributed by atoms with E-state index >= 15 is 0 Å². The predicted octanol–water partition coefficient (Wildman–Crippen LogP) is 4.57. The number of rotatable bonds is 12. The van der Waals surface area contributed by atoms with Crippen molar-refractivity contribution in [3.8, 4) is 11.5 Å². The maximum Gasteiger partial charge on any atom is 0.158 e. The summed E-state index contributed by atoms with van der Waals surface area (Å²) in [5, 5.41) is 28.5. The Morgan fingerprint density at radius 3 is 2.38 bits per heavy atom. The van der Waals surface area contributed by atoms with Gasteiger partial charge in [0, 0.05) is 6.42 Å². The molecule has 0 bridgehead atoms. The van der Waals surface area contributed by atoms with Gasteiger partial charge in [0.2, 0.25) is 0 Å². The minimum atomic E-state index is -0.592. The van der Waals surface area contributed by atoms with Crippen LogP contribution in [0.25, 0.3) is 6.08 Å². The van der Waals surface area contributed by atoms with Crippen molar-refractivity contribution in [2.24, 2.45) is 0 Å². The molecule has 3 N–H and O–H groups in total. The van der Waals surface area contributed by atoms with Gasteiger partial charge in [0.25, 0.3) is 0 Å². The Labute approximate surface area is 144 Å². The summed E-state index contributed by atoms with van der Waals surface area (Å²) in [4.78, 5) is 11.8. The summed E-state index contributed by atoms with van der Waals surface area (Å²) in [7, 11) is 0. The predicted molar refractivity (Wildman–Crippen MR) is 97.0 cm³/mol. The third-order valence-corrected chi connectivity index (χ3v) is 4.04. The number of ketones is 1. The van der Waals surface area contributed by atoms with Gasteiger partial charge in [0.05, 0.1) is 6.10 Å². The SMILES string of the molecule is CCCCCCCCCC(O)CC(=O)/C=C/c1ccc(O)c(O)c1. The quantitative estimate of drug-likeness (QED) is 0.297. The van der Waals surface area contributed by atoms with E-state index < -0.39 is 6.10 Å². The van der Waals surface area contributed by atoms with Gasteiger partial charge in [-0.3, -0.25) is 4.79 Å². The van der Waals surface area contributed by atoms with Gasteiger partial charge < -0.3 is 15.3 Å². The van der Waals surface area contributed by atoms with Crippen molar-refractivity contribution in [1.82, 2.24) is 0 Å². The Hall–Kier alpha value is -1.81. The number of carbonyl (C=O) groups excluding carboxylic acids is 1. The first-order valence-electron chi connectivity index (χ1n) is 8.94. The molecular weight excluding hydrogens is 304 g/mol. The average molecular weight is 334 g/mol. The first kappa shape index (κ1) is 20.2. The van der Waals surface area contributed by atoms with Gasteiger partial charge in [-0.15, -0.1) is 0 Å². The van der Waals surface area contributed by atoms with Crippen LogP contribution in [0.5, 0.6) is 11.5 Å². The molecule has 0 aromatic heterocycles. The standard InChI is InChI=1S/C20H30O4/c1-2-3-4-5-6-7-8-9-17(21)15-18(22)12-10-16-11-13-19(23)20(24)14-16/h10-14,17,21,23-24H,2-9,15H2,1H3/b12-10+. The Morgan fingerprint density at radius 2 is 1.71 bits per heavy atom. The lowest BCUT2D eigenvalue weighted by atomic mass is 10.0. The molecule has 1 unspecified atom stereocenters. The Balaban J connectivity index is 2.21. The number of unbranched alkanes of at least 4 members (excludes halogenated alkanes) is 6. The van der Waals surface area contributed by atoms with Crippen LogP contribution in [0, 0.1) is 0 Å². The smallest absolute Gasteiger partial charge is 0.158 e. The second-order valence-corrected chi connectivity index (χ2v) is 6.32. The van der Waals surface area contributed by atoms with Gasteiger partial charge in [0.1, 0.15) is 0 Å². The Kier molecular flexibility index (Phi) is 9.85. The summed E-state index contributed by atoms with van der Waals surface area (Å²) >= 11 is 0. The second-order valence-electron chi connectivity index (χ2n) is 6.32. The summed E-state index contributed by atoms with van der Waals surface area (Å²) in [6.45, 7) is 2.20. The fourth-order valence-electron chi connectivity index (χ4n) is 2.57. The van der Waals surface area contributed by atoms with E-state index in [-0.39, 0.29) is 23.7 Å². The highest BCUT2D eigenvalue weighted by molar-refractivity contribution is 5.93. The molecule has 0 aliphatic carbocycles. The second kappa shape index (κ2) is 11.7. The van der Waals surface area contributed by atoms with Crippen LogP contribution in [-0.4, -0.2) is 27.2 Å². The molecule has 4 heteroatoms. The van der Waals surface area contributed by atoms with E-state index in [1.165, 1.54) is 50.3 Å². The maximum atomic E-state index is 11.8. The van der Waals surface area contributed by atoms with Crippen molar-refractivity contribution in [2.45, 2.75) is 70.8 Å². The van der Waals surface area contributed by atoms with Crippen molar-refractivity contribution in [1.29, 1.82) is 0 Å². The van der Waals surface area contributed by atoms with Gasteiger partial charge in [-0.2, -0.15) is 0 Å². The molecule has 1 atom stereocenters. The van der Waals surface area contributed by atoms with E-state index in [1.807, 2.05) is 0 Å². The topological polar surface area (TPSA) is 77.8 Å². The highest BCUT2D eigenvalue weighted by atomic mass is 16.3. The van der Waals surface area contributed by atoms with Crippen molar-refractivity contribution >= 4 is 11.9 Å². The third-order valence-electron chi connectivity index (χ3n) is 4.04. The van der Waals surface area contributed by atoms with Crippen LogP contribution in [-0.2, 0) is 4.79 Å². The number of hydrogen-bond acceptors (Lipinski definition) is 4. The number of phenolic OH excluding ortho intramolecular Hbond substituents is 2. The number of aromatic hydroxyl groups is 2. The molecule has 1 aromatic rings. The van der Waals surface area contributed by atoms with E-state index in [0.717, 1.165) is 12.8 Å². The van der Waals surface area contributed by atoms with E-state index in [1.54, 1.807) is 12.1 Å². The van der Waals surface area contributed by atoms with Crippen LogP contribution in [0.3, 0.4) is 0 Å². The van der Waals surface area contributed by atoms with E-state index in [4.69, 9.17) is 0 Å². The molecule has 0 saturated heterocycles. The zero-order valence-corrected chi connectivity index (χ0v) is 14.6. The number of carbonyl (C=O) groups is 1. The monoisotopic (exact) mass is 334 g/mol. The molecule has 0 heterocycles. The van der Waals surface area contributed by atoms with E-state index in [0.29, 0.717) is 12.0 Å². The molecule has 0 spiro atoms. The van der Waals surface area contributed by atoms with Crippen LogP contribution < -0.4 is 0 Å². The van der Waals surface area contributed by atoms with Crippen molar-refractivity contribution in [3.05, 3.63) is 29.8 Å². The molecule has 0 fully saturated rings. The number of hydrogen-bond donors (Lipinski definition) is 3. The Bertz CT molecular complexity index is 522. The van der Waals surface area contributed by atoms with Crippen molar-refractivity contribution < 1.29 is 20.1 Å². The molecule has 0 amide bonds. The minimum Gasteiger partial charge on any atom is -0.504 e. The highest BCUT2D eigenvalue weighted by Gasteiger charge is 2.08. The summed E-state index contributed by atoms with van der Waals surface area (Å²) in [6, 6.07) is 4.36. The first-order chi connectivity index (χ1) is 11.5. The zero-order chi connectivity index (χ0) is 17.8. The molecular formula is C20H30O4. The van der Waals surface area contributed by atoms with Gasteiger partial charge in [-0.25, -0.2) is 0 Å². The van der Waals surface area contributed by atoms with Crippen LogP contribution >= 0.6 is 0 Å². The average Bonchev–Trinajstić information content (AvgIpc) is 2.55. The van der Waals surface area contributed by atoms with Crippen molar-refractivity contribution in [2.75, 3.05) is 0 Å². The molecule has 1 aromatic carbocycles. The highest BCUT2D eigenvalue weighted by Crippen LogP contribution is 2.25. The lowest BCUT2D eigenvalue weighted by Gasteiger charge is -2.08. The third kappa shape index (κ3) is 8.73. The lowest BCUT2D eigenvalue weighted by molar-refractivity contribution is -0.116. The summed E-state index contributed by atoms with van der Waals surface area (Å²) < 4.78 is 0. The van der Waals surface area contributed by atoms with Gasteiger partial charge in [0.15, 0.2) is 17.3 Å². The van der Waals surface area contributed by atoms with Gasteiger partial charge in [-0.05, 0) is 30.2 Å². The van der Waals surface area contributed by atoms with E-state index in [2.05, 4.69) is 6.92 Å². The van der Waals surface area contributed by atoms with Gasteiger partial charge >= 0.3 is 0 Å². The Morgan fingerprint density at radius 1 is 1.04 bits per heavy atom. The normalized spacial score (nSPS) is 12.6. The summed E-state index contributed by atoms with van der Waals surface area (Å²) in [6.07, 6.45) is 11.5. The van der Waals surface area contributed by atoms with Crippen LogP contribution in [0.1, 0.15) is 70.3 Å². The molecule has 1 rings (SSSR count). The molecule has 0 aliphatic heterocycles. The molecule has 4 nitrogen and oxygen atoms in total. The number of phenols is 2.